The van der Waals surface area contributed by atoms with E-state index in [1.807, 2.05) is 18.2 Å². The average Bonchev–Trinajstić information content (AvgIpc) is 3.27. The van der Waals surface area contributed by atoms with Crippen molar-refractivity contribution in [1.82, 2.24) is 0 Å². The molecule has 1 aromatic heterocycles. The fraction of sp³-hybridized carbons (Fsp3) is 0.286. The summed E-state index contributed by atoms with van der Waals surface area (Å²) in [5.74, 6) is -1.54. The largest absolute Gasteiger partial charge is 0.465 e. The van der Waals surface area contributed by atoms with Crippen LogP contribution < -0.4 is 5.32 Å². The Labute approximate surface area is 227 Å². The fourth-order valence-corrected chi connectivity index (χ4v) is 5.94. The van der Waals surface area contributed by atoms with Gasteiger partial charge in [-0.25, -0.2) is 4.79 Å². The van der Waals surface area contributed by atoms with Gasteiger partial charge in [0.05, 0.1) is 19.1 Å². The van der Waals surface area contributed by atoms with E-state index in [0.717, 1.165) is 27.8 Å². The molecule has 7 nitrogen and oxygen atoms in total. The van der Waals surface area contributed by atoms with Crippen LogP contribution in [0.15, 0.2) is 59.1 Å². The van der Waals surface area contributed by atoms with Crippen molar-refractivity contribution < 1.29 is 28.7 Å². The second-order valence-corrected chi connectivity index (χ2v) is 10.7. The monoisotopic (exact) mass is 583 g/mol. The number of methoxy groups -OCH3 is 1. The highest BCUT2D eigenvalue weighted by Crippen LogP contribution is 2.42. The molecule has 1 unspecified atom stereocenters. The third-order valence-electron chi connectivity index (χ3n) is 6.27. The van der Waals surface area contributed by atoms with Gasteiger partial charge in [-0.15, -0.1) is 11.3 Å². The van der Waals surface area contributed by atoms with E-state index >= 15 is 0 Å². The van der Waals surface area contributed by atoms with Crippen molar-refractivity contribution in [2.24, 2.45) is 0 Å². The first-order valence-electron chi connectivity index (χ1n) is 11.9. The number of hydrogen-bond donors (Lipinski definition) is 1. The van der Waals surface area contributed by atoms with E-state index in [1.165, 1.54) is 24.0 Å². The van der Waals surface area contributed by atoms with Crippen LogP contribution in [0.3, 0.4) is 0 Å². The van der Waals surface area contributed by atoms with Crippen LogP contribution in [0, 0.1) is 0 Å². The Kier molecular flexibility index (Phi) is 8.89. The predicted octanol–water partition coefficient (Wildman–Crippen LogP) is 5.71. The fourth-order valence-electron chi connectivity index (χ4n) is 4.34. The van der Waals surface area contributed by atoms with Crippen LogP contribution in [0.5, 0.6) is 0 Å². The zero-order valence-corrected chi connectivity index (χ0v) is 22.7. The summed E-state index contributed by atoms with van der Waals surface area (Å²) >= 11 is 4.68. The molecule has 9 heteroatoms. The van der Waals surface area contributed by atoms with Crippen LogP contribution in [0.1, 0.15) is 61.9 Å². The molecular formula is C28H26BrNO6S. The Bertz CT molecular complexity index is 1300. The highest BCUT2D eigenvalue weighted by Gasteiger charge is 2.30. The Balaban J connectivity index is 1.35. The topological polar surface area (TPSA) is 98.8 Å². The molecule has 1 amide bonds. The van der Waals surface area contributed by atoms with Crippen LogP contribution >= 0.6 is 27.3 Å². The first-order valence-corrected chi connectivity index (χ1v) is 13.5. The number of ether oxygens (including phenoxy) is 2. The minimum atomic E-state index is -0.648. The van der Waals surface area contributed by atoms with E-state index in [2.05, 4.69) is 33.4 Å². The van der Waals surface area contributed by atoms with Gasteiger partial charge in [0.15, 0.2) is 12.4 Å². The number of hydrogen-bond acceptors (Lipinski definition) is 7. The summed E-state index contributed by atoms with van der Waals surface area (Å²) in [6.45, 7) is -0.394. The number of anilines is 1. The molecule has 0 radical (unpaired) electrons. The summed E-state index contributed by atoms with van der Waals surface area (Å²) in [5.41, 5.74) is 3.00. The number of ketones is 1. The molecule has 3 aromatic rings. The molecule has 1 heterocycles. The van der Waals surface area contributed by atoms with Gasteiger partial charge in [-0.2, -0.15) is 0 Å². The van der Waals surface area contributed by atoms with Gasteiger partial charge in [-0.3, -0.25) is 14.4 Å². The highest BCUT2D eigenvalue weighted by molar-refractivity contribution is 9.10. The van der Waals surface area contributed by atoms with E-state index in [0.29, 0.717) is 28.5 Å². The van der Waals surface area contributed by atoms with E-state index in [1.54, 1.807) is 24.3 Å². The quantitative estimate of drug-likeness (QED) is 0.256. The summed E-state index contributed by atoms with van der Waals surface area (Å²) < 4.78 is 10.9. The summed E-state index contributed by atoms with van der Waals surface area (Å²) in [6.07, 6.45) is 2.07. The average molecular weight is 584 g/mol. The zero-order chi connectivity index (χ0) is 26.4. The van der Waals surface area contributed by atoms with Gasteiger partial charge >= 0.3 is 11.9 Å². The molecule has 0 aliphatic heterocycles. The number of amides is 1. The van der Waals surface area contributed by atoms with Crippen LogP contribution in [0.2, 0.25) is 0 Å². The predicted molar refractivity (Wildman–Crippen MR) is 144 cm³/mol. The number of halogens is 1. The Morgan fingerprint density at radius 3 is 2.46 bits per heavy atom. The van der Waals surface area contributed by atoms with Gasteiger partial charge in [-0.05, 0) is 48.4 Å². The number of carbonyl (C=O) groups excluding carboxylic acids is 4. The van der Waals surface area contributed by atoms with Gasteiger partial charge in [0.1, 0.15) is 5.00 Å². The Morgan fingerprint density at radius 1 is 1.03 bits per heavy atom. The maximum Gasteiger partial charge on any atom is 0.341 e. The Hall–Kier alpha value is -3.30. The molecule has 1 aliphatic rings. The maximum atomic E-state index is 12.6. The first-order chi connectivity index (χ1) is 17.9. The molecule has 192 valence electrons. The Morgan fingerprint density at radius 2 is 1.76 bits per heavy atom. The lowest BCUT2D eigenvalue weighted by atomic mass is 9.83. The summed E-state index contributed by atoms with van der Waals surface area (Å²) in [6, 6.07) is 17.0. The molecular weight excluding hydrogens is 558 g/mol. The van der Waals surface area contributed by atoms with Crippen molar-refractivity contribution in [1.29, 1.82) is 0 Å². The lowest BCUT2D eigenvalue weighted by Gasteiger charge is -2.22. The number of carbonyl (C=O) groups is 4. The SMILES string of the molecule is COC(=O)c1c(NC(=O)CCC(=O)OCC(=O)c2ccc(Br)cc2)sc2c1CCC(c1ccccc1)C2. The second kappa shape index (κ2) is 12.3. The van der Waals surface area contributed by atoms with Crippen LogP contribution in [-0.4, -0.2) is 37.3 Å². The maximum absolute atomic E-state index is 12.6. The second-order valence-electron chi connectivity index (χ2n) is 8.69. The summed E-state index contributed by atoms with van der Waals surface area (Å²) in [7, 11) is 1.32. The number of benzene rings is 2. The molecule has 1 atom stereocenters. The van der Waals surface area contributed by atoms with Crippen LogP contribution in [-0.2, 0) is 31.9 Å². The first kappa shape index (κ1) is 26.8. The third kappa shape index (κ3) is 6.72. The summed E-state index contributed by atoms with van der Waals surface area (Å²) in [5, 5.41) is 3.23. The van der Waals surface area contributed by atoms with E-state index < -0.39 is 24.5 Å². The standard InChI is InChI=1S/C28H26BrNO6S/c1-35-28(34)26-21-12-9-19(17-5-3-2-4-6-17)15-23(21)37-27(26)30-24(32)13-14-25(33)36-16-22(31)18-7-10-20(29)11-8-18/h2-8,10-11,19H,9,12-16H2,1H3,(H,30,32). The molecule has 0 saturated heterocycles. The molecule has 4 rings (SSSR count). The van der Waals surface area contributed by atoms with E-state index in [-0.39, 0.29) is 18.6 Å². The van der Waals surface area contributed by atoms with Gasteiger partial charge in [0.25, 0.3) is 0 Å². The molecule has 0 spiro atoms. The van der Waals surface area contributed by atoms with Crippen molar-refractivity contribution in [2.45, 2.75) is 38.0 Å². The highest BCUT2D eigenvalue weighted by atomic mass is 79.9. The van der Waals surface area contributed by atoms with Crippen molar-refractivity contribution in [3.05, 3.63) is 86.2 Å². The molecule has 0 saturated carbocycles. The third-order valence-corrected chi connectivity index (χ3v) is 7.96. The van der Waals surface area contributed by atoms with E-state index in [4.69, 9.17) is 9.47 Å². The van der Waals surface area contributed by atoms with Crippen LogP contribution in [0.4, 0.5) is 5.00 Å². The van der Waals surface area contributed by atoms with Gasteiger partial charge < -0.3 is 14.8 Å². The summed E-state index contributed by atoms with van der Waals surface area (Å²) in [4.78, 5) is 50.5. The van der Waals surface area contributed by atoms with E-state index in [9.17, 15) is 19.2 Å². The minimum absolute atomic E-state index is 0.138. The van der Waals surface area contributed by atoms with Crippen molar-refractivity contribution in [3.63, 3.8) is 0 Å². The van der Waals surface area contributed by atoms with Crippen molar-refractivity contribution in [3.8, 4) is 0 Å². The zero-order valence-electron chi connectivity index (χ0n) is 20.3. The minimum Gasteiger partial charge on any atom is -0.465 e. The van der Waals surface area contributed by atoms with Crippen molar-refractivity contribution in [2.75, 3.05) is 19.0 Å². The van der Waals surface area contributed by atoms with Gasteiger partial charge in [-0.1, -0.05) is 58.4 Å². The number of fused-ring (bicyclic) bond motifs is 1. The molecule has 2 aromatic carbocycles. The smallest absolute Gasteiger partial charge is 0.341 e. The number of rotatable bonds is 9. The van der Waals surface area contributed by atoms with Gasteiger partial charge in [0.2, 0.25) is 5.91 Å². The number of Topliss-reactive ketones (excluding diaryl/α,β-unsaturated/α-hetero) is 1. The number of esters is 2. The lowest BCUT2D eigenvalue weighted by molar-refractivity contribution is -0.143. The van der Waals surface area contributed by atoms with Gasteiger partial charge in [0, 0.05) is 21.3 Å². The molecule has 37 heavy (non-hydrogen) atoms. The number of nitrogens with one attached hydrogen (secondary N) is 1. The normalized spacial score (nSPS) is 14.4. The lowest BCUT2D eigenvalue weighted by Crippen LogP contribution is -2.18. The number of thiophene rings is 1. The van der Waals surface area contributed by atoms with Crippen molar-refractivity contribution >= 4 is 55.9 Å². The molecule has 1 aliphatic carbocycles. The molecule has 1 N–H and O–H groups in total. The molecule has 0 fully saturated rings. The van der Waals surface area contributed by atoms with Crippen LogP contribution in [0.25, 0.3) is 0 Å². The molecule has 0 bridgehead atoms.